The van der Waals surface area contributed by atoms with Gasteiger partial charge in [-0.25, -0.2) is 0 Å². The van der Waals surface area contributed by atoms with Crippen molar-refractivity contribution in [3.05, 3.63) is 29.3 Å². The summed E-state index contributed by atoms with van der Waals surface area (Å²) >= 11 is 2.22. The Hall–Kier alpha value is 0.262. The van der Waals surface area contributed by atoms with Crippen LogP contribution in [0.4, 0.5) is 5.69 Å². The molecule has 1 rings (SSSR count). The average molecular weight is 410 g/mol. The summed E-state index contributed by atoms with van der Waals surface area (Å²) < 4.78 is 0. The van der Waals surface area contributed by atoms with E-state index in [1.165, 1.54) is 16.8 Å². The molecule has 1 nitrogen and oxygen atoms in total. The molecular weight excluding hydrogens is 384 g/mol. The molecule has 0 bridgehead atoms. The number of nitrogens with zero attached hydrogens (tertiary/aromatic N) is 1. The Balaban J connectivity index is 0. The standard InChI is InChI=1S/C16H26N.2ClH.Pd/c1-15(2,3)12-10-9-11-13(17(7)8)14(12)16(4,5)6;;;/h9,11H,1-8H3;2*1H;/q-1;;;+2/p-2. The van der Waals surface area contributed by atoms with E-state index in [2.05, 4.69) is 100 Å². The Morgan fingerprint density at radius 1 is 1.00 bits per heavy atom. The van der Waals surface area contributed by atoms with Gasteiger partial charge >= 0.3 is 27.7 Å². The first-order valence-electron chi connectivity index (χ1n) is 6.40. The third kappa shape index (κ3) is 5.94. The summed E-state index contributed by atoms with van der Waals surface area (Å²) in [6, 6.07) is 7.66. The van der Waals surface area contributed by atoms with E-state index >= 15 is 0 Å². The fourth-order valence-electron chi connectivity index (χ4n) is 2.21. The molecule has 0 heterocycles. The number of hydrogen-bond donors (Lipinski definition) is 0. The van der Waals surface area contributed by atoms with Gasteiger partial charge < -0.3 is 17.3 Å². The molecule has 20 heavy (non-hydrogen) atoms. The zero-order chi connectivity index (χ0) is 15.4. The quantitative estimate of drug-likeness (QED) is 0.505. The predicted molar refractivity (Wildman–Crippen MR) is 82.9 cm³/mol. The van der Waals surface area contributed by atoms with E-state index < -0.39 is 0 Å². The van der Waals surface area contributed by atoms with Crippen molar-refractivity contribution in [2.45, 2.75) is 52.4 Å². The van der Waals surface area contributed by atoms with Crippen LogP contribution in [-0.2, 0) is 29.0 Å². The normalized spacial score (nSPS) is 11.2. The summed E-state index contributed by atoms with van der Waals surface area (Å²) in [5.41, 5.74) is 4.32. The number of anilines is 1. The molecule has 120 valence electrons. The van der Waals surface area contributed by atoms with Gasteiger partial charge in [0.25, 0.3) is 0 Å². The van der Waals surface area contributed by atoms with Crippen LogP contribution in [0, 0.1) is 6.07 Å². The van der Waals surface area contributed by atoms with Crippen LogP contribution < -0.4 is 17.3 Å². The molecule has 1 aromatic carbocycles. The van der Waals surface area contributed by atoms with Crippen LogP contribution in [0.3, 0.4) is 0 Å². The Kier molecular flexibility index (Phi) is 9.74. The van der Waals surface area contributed by atoms with E-state index in [1.54, 1.807) is 0 Å². The maximum absolute atomic E-state index is 4.49. The van der Waals surface area contributed by atoms with Crippen molar-refractivity contribution < 1.29 is 30.6 Å². The minimum absolute atomic E-state index is 0. The van der Waals surface area contributed by atoms with Gasteiger partial charge in [-0.15, -0.1) is 11.6 Å². The second kappa shape index (κ2) is 8.64. The topological polar surface area (TPSA) is 3.24 Å². The maximum atomic E-state index is 4.49. The number of hydrogen-bond acceptors (Lipinski definition) is 1. The summed E-state index contributed by atoms with van der Waals surface area (Å²) in [5, 5.41) is 0. The molecule has 0 aliphatic heterocycles. The van der Waals surface area contributed by atoms with Crippen LogP contribution in [-0.4, -0.2) is 14.1 Å². The third-order valence-electron chi connectivity index (χ3n) is 2.96. The molecule has 0 radical (unpaired) electrons. The molecular formula is C16H26Cl2NPd-. The molecule has 0 atom stereocenters. The number of halogens is 2. The summed E-state index contributed by atoms with van der Waals surface area (Å²) in [6.07, 6.45) is 0. The van der Waals surface area contributed by atoms with Crippen molar-refractivity contribution >= 4 is 15.2 Å². The zero-order valence-corrected chi connectivity index (χ0v) is 16.7. The van der Waals surface area contributed by atoms with Crippen LogP contribution in [0.15, 0.2) is 12.1 Å². The van der Waals surface area contributed by atoms with Gasteiger partial charge in [-0.1, -0.05) is 52.6 Å². The fourth-order valence-corrected chi connectivity index (χ4v) is 2.21. The van der Waals surface area contributed by atoms with Crippen molar-refractivity contribution in [3.8, 4) is 0 Å². The van der Waals surface area contributed by atoms with Gasteiger partial charge in [0, 0.05) is 14.1 Å². The van der Waals surface area contributed by atoms with Crippen LogP contribution in [0.25, 0.3) is 0 Å². The first-order valence-corrected chi connectivity index (χ1v) is 8.40. The van der Waals surface area contributed by atoms with Gasteiger partial charge in [-0.2, -0.15) is 17.7 Å². The molecule has 0 N–H and O–H groups in total. The van der Waals surface area contributed by atoms with Crippen molar-refractivity contribution in [3.63, 3.8) is 0 Å². The second-order valence-corrected chi connectivity index (χ2v) is 7.01. The zero-order valence-electron chi connectivity index (χ0n) is 13.7. The van der Waals surface area contributed by atoms with Gasteiger partial charge in [-0.05, 0) is 5.41 Å². The van der Waals surface area contributed by atoms with Crippen LogP contribution in [0.5, 0.6) is 0 Å². The second-order valence-electron chi connectivity index (χ2n) is 7.01. The van der Waals surface area contributed by atoms with Crippen molar-refractivity contribution in [1.29, 1.82) is 0 Å². The Morgan fingerprint density at radius 3 is 1.75 bits per heavy atom. The van der Waals surface area contributed by atoms with Crippen molar-refractivity contribution in [2.75, 3.05) is 19.0 Å². The number of rotatable bonds is 1. The fraction of sp³-hybridized carbons (Fsp3) is 0.625. The van der Waals surface area contributed by atoms with Gasteiger partial charge in [0.2, 0.25) is 0 Å². The molecule has 0 spiro atoms. The first-order chi connectivity index (χ1) is 8.55. The summed E-state index contributed by atoms with van der Waals surface area (Å²) in [7, 11) is 8.71. The number of benzene rings is 1. The summed E-state index contributed by atoms with van der Waals surface area (Å²) in [6.45, 7) is 13.6. The molecule has 1 aromatic rings. The van der Waals surface area contributed by atoms with E-state index in [4.69, 9.17) is 0 Å². The van der Waals surface area contributed by atoms with E-state index in [-0.39, 0.29) is 23.2 Å². The van der Waals surface area contributed by atoms with E-state index in [0.29, 0.717) is 0 Å². The van der Waals surface area contributed by atoms with E-state index in [1.807, 2.05) is 6.07 Å². The van der Waals surface area contributed by atoms with Crippen molar-refractivity contribution in [1.82, 2.24) is 0 Å². The first kappa shape index (κ1) is 22.5. The summed E-state index contributed by atoms with van der Waals surface area (Å²) in [5.74, 6) is 0. The Bertz CT molecular complexity index is 404. The molecule has 0 aromatic heterocycles. The third-order valence-corrected chi connectivity index (χ3v) is 2.96. The monoisotopic (exact) mass is 408 g/mol. The van der Waals surface area contributed by atoms with Crippen LogP contribution in [0.1, 0.15) is 52.7 Å². The van der Waals surface area contributed by atoms with Gasteiger partial charge in [0.1, 0.15) is 0 Å². The minimum atomic E-state index is 0. The van der Waals surface area contributed by atoms with E-state index in [0.717, 1.165) is 0 Å². The van der Waals surface area contributed by atoms with Crippen LogP contribution >= 0.6 is 9.53 Å². The molecule has 0 amide bonds. The summed E-state index contributed by atoms with van der Waals surface area (Å²) in [4.78, 5) is 2.20. The Morgan fingerprint density at radius 2 is 1.45 bits per heavy atom. The SMILES string of the molecule is CN(C)c1cc[c-]c(C(C)(C)C)c1C(C)(C)C.[Cl-].[Cl][Pd+]. The average Bonchev–Trinajstić information content (AvgIpc) is 2.28. The molecule has 0 fully saturated rings. The van der Waals surface area contributed by atoms with Crippen molar-refractivity contribution in [2.24, 2.45) is 0 Å². The van der Waals surface area contributed by atoms with Gasteiger partial charge in [-0.3, -0.25) is 0 Å². The molecule has 0 aliphatic carbocycles. The molecule has 0 saturated carbocycles. The van der Waals surface area contributed by atoms with Gasteiger partial charge in [0.15, 0.2) is 0 Å². The predicted octanol–water partition coefficient (Wildman–Crippen LogP) is 1.84. The van der Waals surface area contributed by atoms with Crippen LogP contribution in [0.2, 0.25) is 0 Å². The molecule has 4 heteroatoms. The molecule has 0 aliphatic rings. The van der Waals surface area contributed by atoms with E-state index in [9.17, 15) is 0 Å². The Labute approximate surface area is 146 Å². The van der Waals surface area contributed by atoms with Gasteiger partial charge in [0.05, 0.1) is 0 Å². The molecule has 0 unspecified atom stereocenters. The molecule has 0 saturated heterocycles.